The van der Waals surface area contributed by atoms with E-state index in [0.717, 1.165) is 30.6 Å². The number of carbonyl (C=O) groups is 1. The topological polar surface area (TPSA) is 64.7 Å². The highest BCUT2D eigenvalue weighted by molar-refractivity contribution is 5.95. The highest BCUT2D eigenvalue weighted by Crippen LogP contribution is 2.23. The first-order valence-electron chi connectivity index (χ1n) is 7.40. The van der Waals surface area contributed by atoms with E-state index in [1.807, 2.05) is 24.1 Å². The molecule has 3 rings (SSSR count). The molecular weight excluding hydrogens is 266 g/mol. The first-order chi connectivity index (χ1) is 10.1. The Morgan fingerprint density at radius 1 is 1.33 bits per heavy atom. The summed E-state index contributed by atoms with van der Waals surface area (Å²) in [5, 5.41) is 11.6. The molecule has 0 bridgehead atoms. The van der Waals surface area contributed by atoms with E-state index in [2.05, 4.69) is 29.4 Å². The lowest BCUT2D eigenvalue weighted by Crippen LogP contribution is -2.32. The van der Waals surface area contributed by atoms with Gasteiger partial charge in [-0.1, -0.05) is 13.8 Å². The number of nitrogens with zero attached hydrogens (tertiary/aromatic N) is 4. The van der Waals surface area contributed by atoms with E-state index in [-0.39, 0.29) is 11.9 Å². The first kappa shape index (κ1) is 13.9. The minimum atomic E-state index is -0.0410. The molecule has 1 aliphatic heterocycles. The standard InChI is InChI=1S/C15H21N5O/c1-10(2)14(11-7-16-19(3)9-11)18-15(21)12-8-17-20-6-4-5-13(12)20/h7-10,14H,4-6H2,1-3H3,(H,18,21). The average Bonchev–Trinajstić information content (AvgIpc) is 3.10. The van der Waals surface area contributed by atoms with Crippen LogP contribution < -0.4 is 5.32 Å². The largest absolute Gasteiger partial charge is 0.345 e. The predicted molar refractivity (Wildman–Crippen MR) is 78.8 cm³/mol. The molecule has 0 spiro atoms. The van der Waals surface area contributed by atoms with Crippen LogP contribution in [0.1, 0.15) is 47.9 Å². The van der Waals surface area contributed by atoms with Crippen molar-refractivity contribution in [2.45, 2.75) is 39.3 Å². The van der Waals surface area contributed by atoms with Crippen LogP contribution in [0.15, 0.2) is 18.6 Å². The summed E-state index contributed by atoms with van der Waals surface area (Å²) in [7, 11) is 1.88. The van der Waals surface area contributed by atoms with Gasteiger partial charge in [-0.25, -0.2) is 0 Å². The van der Waals surface area contributed by atoms with Crippen molar-refractivity contribution in [2.75, 3.05) is 0 Å². The number of hydrogen-bond acceptors (Lipinski definition) is 3. The number of nitrogens with one attached hydrogen (secondary N) is 1. The zero-order valence-corrected chi connectivity index (χ0v) is 12.7. The summed E-state index contributed by atoms with van der Waals surface area (Å²) >= 11 is 0. The van der Waals surface area contributed by atoms with Gasteiger partial charge in [0.2, 0.25) is 0 Å². The van der Waals surface area contributed by atoms with Gasteiger partial charge in [-0.05, 0) is 18.8 Å². The highest BCUT2D eigenvalue weighted by Gasteiger charge is 2.25. The van der Waals surface area contributed by atoms with Gasteiger partial charge in [0.25, 0.3) is 5.91 Å². The lowest BCUT2D eigenvalue weighted by molar-refractivity contribution is 0.0924. The lowest BCUT2D eigenvalue weighted by Gasteiger charge is -2.21. The summed E-state index contributed by atoms with van der Waals surface area (Å²) in [5.74, 6) is 0.252. The van der Waals surface area contributed by atoms with Crippen molar-refractivity contribution in [3.8, 4) is 0 Å². The number of aromatic nitrogens is 4. The van der Waals surface area contributed by atoms with E-state index in [1.165, 1.54) is 0 Å². The van der Waals surface area contributed by atoms with Crippen LogP contribution in [0.4, 0.5) is 0 Å². The maximum atomic E-state index is 12.6. The molecule has 21 heavy (non-hydrogen) atoms. The van der Waals surface area contributed by atoms with Gasteiger partial charge in [0, 0.05) is 25.4 Å². The van der Waals surface area contributed by atoms with E-state index >= 15 is 0 Å². The van der Waals surface area contributed by atoms with Gasteiger partial charge in [0.15, 0.2) is 0 Å². The van der Waals surface area contributed by atoms with Crippen molar-refractivity contribution in [1.29, 1.82) is 0 Å². The molecule has 0 fully saturated rings. The molecule has 1 N–H and O–H groups in total. The predicted octanol–water partition coefficient (Wildman–Crippen LogP) is 1.69. The van der Waals surface area contributed by atoms with Crippen molar-refractivity contribution in [3.63, 3.8) is 0 Å². The molecule has 3 heterocycles. The van der Waals surface area contributed by atoms with Gasteiger partial charge < -0.3 is 5.32 Å². The Labute approximate surface area is 124 Å². The first-order valence-corrected chi connectivity index (χ1v) is 7.40. The van der Waals surface area contributed by atoms with Gasteiger partial charge in [0.05, 0.1) is 29.7 Å². The fourth-order valence-electron chi connectivity index (χ4n) is 2.91. The summed E-state index contributed by atoms with van der Waals surface area (Å²) in [5.41, 5.74) is 2.80. The van der Waals surface area contributed by atoms with Crippen LogP contribution in [0, 0.1) is 5.92 Å². The van der Waals surface area contributed by atoms with Crippen LogP contribution in [-0.4, -0.2) is 25.5 Å². The van der Waals surface area contributed by atoms with Crippen LogP contribution in [-0.2, 0) is 20.0 Å². The smallest absolute Gasteiger partial charge is 0.255 e. The van der Waals surface area contributed by atoms with Gasteiger partial charge in [0.1, 0.15) is 0 Å². The number of aryl methyl sites for hydroxylation is 2. The van der Waals surface area contributed by atoms with E-state index in [1.54, 1.807) is 10.9 Å². The molecule has 0 aromatic carbocycles. The number of amides is 1. The van der Waals surface area contributed by atoms with Crippen LogP contribution in [0.2, 0.25) is 0 Å². The molecule has 1 unspecified atom stereocenters. The lowest BCUT2D eigenvalue weighted by atomic mass is 9.98. The zero-order valence-electron chi connectivity index (χ0n) is 12.7. The second kappa shape index (κ2) is 5.35. The van der Waals surface area contributed by atoms with Gasteiger partial charge in [-0.15, -0.1) is 0 Å². The molecule has 2 aromatic heterocycles. The Morgan fingerprint density at radius 2 is 2.14 bits per heavy atom. The van der Waals surface area contributed by atoms with E-state index in [4.69, 9.17) is 0 Å². The van der Waals surface area contributed by atoms with Crippen molar-refractivity contribution in [1.82, 2.24) is 24.9 Å². The maximum absolute atomic E-state index is 12.6. The molecule has 0 saturated carbocycles. The number of hydrogen-bond donors (Lipinski definition) is 1. The quantitative estimate of drug-likeness (QED) is 0.930. The van der Waals surface area contributed by atoms with E-state index < -0.39 is 0 Å². The third kappa shape index (κ3) is 2.57. The molecule has 6 heteroatoms. The Morgan fingerprint density at radius 3 is 2.81 bits per heavy atom. The fourth-order valence-corrected chi connectivity index (χ4v) is 2.91. The number of carbonyl (C=O) groups excluding carboxylic acids is 1. The van der Waals surface area contributed by atoms with Gasteiger partial charge in [-0.2, -0.15) is 10.2 Å². The molecule has 1 amide bonds. The summed E-state index contributed by atoms with van der Waals surface area (Å²) in [6.07, 6.45) is 7.45. The Kier molecular flexibility index (Phi) is 3.53. The average molecular weight is 287 g/mol. The molecule has 0 radical (unpaired) electrons. The normalized spacial score (nSPS) is 15.2. The maximum Gasteiger partial charge on any atom is 0.255 e. The van der Waals surface area contributed by atoms with Crippen molar-refractivity contribution < 1.29 is 4.79 Å². The fraction of sp³-hybridized carbons (Fsp3) is 0.533. The minimum Gasteiger partial charge on any atom is -0.345 e. The van der Waals surface area contributed by atoms with Crippen molar-refractivity contribution in [3.05, 3.63) is 35.4 Å². The van der Waals surface area contributed by atoms with Gasteiger partial charge in [-0.3, -0.25) is 14.2 Å². The van der Waals surface area contributed by atoms with Gasteiger partial charge >= 0.3 is 0 Å². The van der Waals surface area contributed by atoms with Crippen LogP contribution in [0.3, 0.4) is 0 Å². The van der Waals surface area contributed by atoms with E-state index in [9.17, 15) is 4.79 Å². The molecule has 112 valence electrons. The van der Waals surface area contributed by atoms with Crippen molar-refractivity contribution in [2.24, 2.45) is 13.0 Å². The third-order valence-corrected chi connectivity index (χ3v) is 4.01. The Hall–Kier alpha value is -2.11. The minimum absolute atomic E-state index is 0.0387. The summed E-state index contributed by atoms with van der Waals surface area (Å²) in [6.45, 7) is 5.11. The second-order valence-electron chi connectivity index (χ2n) is 5.97. The molecule has 2 aromatic rings. The third-order valence-electron chi connectivity index (χ3n) is 4.01. The molecule has 1 aliphatic rings. The van der Waals surface area contributed by atoms with Crippen LogP contribution in [0.5, 0.6) is 0 Å². The molecular formula is C15H21N5O. The summed E-state index contributed by atoms with van der Waals surface area (Å²) < 4.78 is 3.69. The zero-order chi connectivity index (χ0) is 15.0. The monoisotopic (exact) mass is 287 g/mol. The summed E-state index contributed by atoms with van der Waals surface area (Å²) in [6, 6.07) is -0.0387. The highest BCUT2D eigenvalue weighted by atomic mass is 16.1. The number of fused-ring (bicyclic) bond motifs is 1. The molecule has 0 aliphatic carbocycles. The second-order valence-corrected chi connectivity index (χ2v) is 5.97. The SMILES string of the molecule is CC(C)C(NC(=O)c1cnn2c1CCC2)c1cnn(C)c1. The molecule has 6 nitrogen and oxygen atoms in total. The summed E-state index contributed by atoms with van der Waals surface area (Å²) in [4.78, 5) is 12.6. The molecule has 1 atom stereocenters. The Bertz CT molecular complexity index is 655. The number of rotatable bonds is 4. The molecule has 0 saturated heterocycles. The van der Waals surface area contributed by atoms with Crippen LogP contribution >= 0.6 is 0 Å². The van der Waals surface area contributed by atoms with Crippen LogP contribution in [0.25, 0.3) is 0 Å². The van der Waals surface area contributed by atoms with E-state index in [0.29, 0.717) is 11.5 Å². The van der Waals surface area contributed by atoms with Crippen molar-refractivity contribution >= 4 is 5.91 Å². The Balaban J connectivity index is 1.81.